The van der Waals surface area contributed by atoms with Gasteiger partial charge in [-0.25, -0.2) is 0 Å². The number of rotatable bonds is 3. The summed E-state index contributed by atoms with van der Waals surface area (Å²) >= 11 is 0. The van der Waals surface area contributed by atoms with Crippen LogP contribution in [-0.2, 0) is 4.74 Å². The zero-order valence-electron chi connectivity index (χ0n) is 8.75. The number of furan rings is 1. The van der Waals surface area contributed by atoms with Gasteiger partial charge in [-0.05, 0) is 25.0 Å². The van der Waals surface area contributed by atoms with Crippen LogP contribution in [0.4, 0.5) is 0 Å². The van der Waals surface area contributed by atoms with E-state index in [-0.39, 0.29) is 11.8 Å². The molecule has 14 heavy (non-hydrogen) atoms. The van der Waals surface area contributed by atoms with E-state index in [2.05, 4.69) is 19.2 Å². The van der Waals surface area contributed by atoms with Crippen LogP contribution in [0.3, 0.4) is 0 Å². The molecule has 0 radical (unpaired) electrons. The average Bonchev–Trinajstić information content (AvgIpc) is 2.87. The topological polar surface area (TPSA) is 34.4 Å². The second-order valence-corrected chi connectivity index (χ2v) is 3.84. The SMILES string of the molecule is CCC1(CC)COC(c2ccco2)N1. The number of hydrogen-bond acceptors (Lipinski definition) is 3. The van der Waals surface area contributed by atoms with Crippen LogP contribution in [-0.4, -0.2) is 12.1 Å². The summed E-state index contributed by atoms with van der Waals surface area (Å²) in [7, 11) is 0. The fourth-order valence-electron chi connectivity index (χ4n) is 1.86. The Bertz CT molecular complexity index is 277. The zero-order valence-corrected chi connectivity index (χ0v) is 8.75. The van der Waals surface area contributed by atoms with Gasteiger partial charge in [0.15, 0.2) is 6.23 Å². The molecular formula is C11H17NO2. The van der Waals surface area contributed by atoms with Gasteiger partial charge in [0, 0.05) is 5.54 Å². The van der Waals surface area contributed by atoms with Crippen molar-refractivity contribution < 1.29 is 9.15 Å². The smallest absolute Gasteiger partial charge is 0.167 e. The van der Waals surface area contributed by atoms with Crippen LogP contribution in [0.15, 0.2) is 22.8 Å². The van der Waals surface area contributed by atoms with Gasteiger partial charge in [-0.3, -0.25) is 5.32 Å². The van der Waals surface area contributed by atoms with Gasteiger partial charge in [0.25, 0.3) is 0 Å². The van der Waals surface area contributed by atoms with Crippen molar-refractivity contribution in [2.24, 2.45) is 0 Å². The van der Waals surface area contributed by atoms with E-state index in [9.17, 15) is 0 Å². The summed E-state index contributed by atoms with van der Waals surface area (Å²) in [6, 6.07) is 3.83. The summed E-state index contributed by atoms with van der Waals surface area (Å²) in [5, 5.41) is 3.49. The van der Waals surface area contributed by atoms with Crippen LogP contribution >= 0.6 is 0 Å². The van der Waals surface area contributed by atoms with E-state index in [0.717, 1.165) is 25.2 Å². The van der Waals surface area contributed by atoms with Gasteiger partial charge in [0.05, 0.1) is 12.9 Å². The number of hydrogen-bond donors (Lipinski definition) is 1. The summed E-state index contributed by atoms with van der Waals surface area (Å²) in [4.78, 5) is 0. The molecule has 0 amide bonds. The summed E-state index contributed by atoms with van der Waals surface area (Å²) in [5.74, 6) is 0.869. The second-order valence-electron chi connectivity index (χ2n) is 3.84. The van der Waals surface area contributed by atoms with E-state index < -0.39 is 0 Å². The first kappa shape index (κ1) is 9.74. The highest BCUT2D eigenvalue weighted by molar-refractivity contribution is 5.06. The van der Waals surface area contributed by atoms with Crippen LogP contribution < -0.4 is 5.32 Å². The number of nitrogens with one attached hydrogen (secondary N) is 1. The van der Waals surface area contributed by atoms with Gasteiger partial charge < -0.3 is 9.15 Å². The molecule has 3 heteroatoms. The highest BCUT2D eigenvalue weighted by Crippen LogP contribution is 2.30. The van der Waals surface area contributed by atoms with Crippen molar-refractivity contribution in [3.63, 3.8) is 0 Å². The molecule has 1 aromatic rings. The molecule has 2 rings (SSSR count). The van der Waals surface area contributed by atoms with Crippen molar-refractivity contribution >= 4 is 0 Å². The molecule has 0 spiro atoms. The van der Waals surface area contributed by atoms with E-state index in [1.807, 2.05) is 12.1 Å². The largest absolute Gasteiger partial charge is 0.465 e. The molecule has 1 saturated heterocycles. The molecule has 0 aliphatic carbocycles. The molecule has 1 aliphatic rings. The van der Waals surface area contributed by atoms with Crippen molar-refractivity contribution in [3.8, 4) is 0 Å². The van der Waals surface area contributed by atoms with Crippen LogP contribution in [0.25, 0.3) is 0 Å². The van der Waals surface area contributed by atoms with E-state index >= 15 is 0 Å². The average molecular weight is 195 g/mol. The quantitative estimate of drug-likeness (QED) is 0.804. The first-order valence-electron chi connectivity index (χ1n) is 5.22. The third-order valence-electron chi connectivity index (χ3n) is 3.12. The first-order valence-corrected chi connectivity index (χ1v) is 5.22. The Morgan fingerprint density at radius 3 is 2.79 bits per heavy atom. The van der Waals surface area contributed by atoms with Crippen molar-refractivity contribution in [2.75, 3.05) is 6.61 Å². The minimum Gasteiger partial charge on any atom is -0.465 e. The van der Waals surface area contributed by atoms with E-state index in [1.54, 1.807) is 6.26 Å². The normalized spacial score (nSPS) is 25.4. The summed E-state index contributed by atoms with van der Waals surface area (Å²) in [6.07, 6.45) is 3.78. The summed E-state index contributed by atoms with van der Waals surface area (Å²) in [5.41, 5.74) is 0.136. The van der Waals surface area contributed by atoms with Crippen molar-refractivity contribution in [1.29, 1.82) is 0 Å². The Labute approximate surface area is 84.4 Å². The Balaban J connectivity index is 2.07. The molecule has 2 heterocycles. The molecule has 0 saturated carbocycles. The van der Waals surface area contributed by atoms with E-state index in [0.29, 0.717) is 0 Å². The van der Waals surface area contributed by atoms with Gasteiger partial charge in [0.2, 0.25) is 0 Å². The van der Waals surface area contributed by atoms with Crippen molar-refractivity contribution in [3.05, 3.63) is 24.2 Å². The highest BCUT2D eigenvalue weighted by Gasteiger charge is 2.37. The zero-order chi connectivity index (χ0) is 10.0. The molecule has 3 nitrogen and oxygen atoms in total. The van der Waals surface area contributed by atoms with Crippen LogP contribution in [0.2, 0.25) is 0 Å². The molecule has 1 N–H and O–H groups in total. The summed E-state index contributed by atoms with van der Waals surface area (Å²) in [6.45, 7) is 5.14. The first-order chi connectivity index (χ1) is 6.79. The second kappa shape index (κ2) is 3.75. The molecule has 1 aromatic heterocycles. The Morgan fingerprint density at radius 1 is 1.50 bits per heavy atom. The lowest BCUT2D eigenvalue weighted by atomic mass is 9.95. The third kappa shape index (κ3) is 1.57. The van der Waals surface area contributed by atoms with E-state index in [1.165, 1.54) is 0 Å². The molecular weight excluding hydrogens is 178 g/mol. The minimum atomic E-state index is -0.0649. The third-order valence-corrected chi connectivity index (χ3v) is 3.12. The molecule has 1 aliphatic heterocycles. The highest BCUT2D eigenvalue weighted by atomic mass is 16.5. The van der Waals surface area contributed by atoms with Crippen molar-refractivity contribution in [2.45, 2.75) is 38.5 Å². The van der Waals surface area contributed by atoms with Gasteiger partial charge >= 0.3 is 0 Å². The van der Waals surface area contributed by atoms with Crippen LogP contribution in [0.1, 0.15) is 38.7 Å². The predicted molar refractivity (Wildman–Crippen MR) is 53.8 cm³/mol. The predicted octanol–water partition coefficient (Wildman–Crippen LogP) is 2.46. The standard InChI is InChI=1S/C11H17NO2/c1-3-11(4-2)8-14-10(12-11)9-6-5-7-13-9/h5-7,10,12H,3-4,8H2,1-2H3. The monoisotopic (exact) mass is 195 g/mol. The molecule has 0 bridgehead atoms. The summed E-state index contributed by atoms with van der Waals surface area (Å²) < 4.78 is 11.0. The van der Waals surface area contributed by atoms with Crippen LogP contribution in [0.5, 0.6) is 0 Å². The van der Waals surface area contributed by atoms with Gasteiger partial charge in [-0.15, -0.1) is 0 Å². The Kier molecular flexibility index (Phi) is 2.61. The lowest BCUT2D eigenvalue weighted by Gasteiger charge is -2.24. The number of ether oxygens (including phenoxy) is 1. The molecule has 1 fully saturated rings. The Hall–Kier alpha value is -0.800. The van der Waals surface area contributed by atoms with E-state index in [4.69, 9.17) is 9.15 Å². The molecule has 0 aromatic carbocycles. The van der Waals surface area contributed by atoms with Crippen molar-refractivity contribution in [1.82, 2.24) is 5.32 Å². The van der Waals surface area contributed by atoms with Crippen LogP contribution in [0, 0.1) is 0 Å². The Morgan fingerprint density at radius 2 is 2.29 bits per heavy atom. The lowest BCUT2D eigenvalue weighted by Crippen LogP contribution is -2.41. The maximum atomic E-state index is 5.69. The van der Waals surface area contributed by atoms with Gasteiger partial charge in [-0.2, -0.15) is 0 Å². The maximum Gasteiger partial charge on any atom is 0.167 e. The molecule has 1 unspecified atom stereocenters. The minimum absolute atomic E-state index is 0.0649. The van der Waals surface area contributed by atoms with Gasteiger partial charge in [0.1, 0.15) is 5.76 Å². The fourth-order valence-corrected chi connectivity index (χ4v) is 1.86. The molecule has 78 valence electrons. The van der Waals surface area contributed by atoms with Gasteiger partial charge in [-0.1, -0.05) is 13.8 Å². The molecule has 1 atom stereocenters. The fraction of sp³-hybridized carbons (Fsp3) is 0.636. The lowest BCUT2D eigenvalue weighted by molar-refractivity contribution is 0.0802. The maximum absolute atomic E-state index is 5.69.